The second-order valence-corrected chi connectivity index (χ2v) is 3.62. The Labute approximate surface area is 90.0 Å². The van der Waals surface area contributed by atoms with Crippen molar-refractivity contribution in [3.05, 3.63) is 35.9 Å². The Bertz CT molecular complexity index is 306. The zero-order valence-electron chi connectivity index (χ0n) is 9.27. The lowest BCUT2D eigenvalue weighted by Gasteiger charge is -2.19. The third-order valence-corrected chi connectivity index (χ3v) is 2.01. The molecule has 82 valence electrons. The van der Waals surface area contributed by atoms with Gasteiger partial charge in [-0.1, -0.05) is 32.0 Å². The Morgan fingerprint density at radius 3 is 2.27 bits per heavy atom. The van der Waals surface area contributed by atoms with Crippen molar-refractivity contribution in [2.24, 2.45) is 5.92 Å². The first-order valence-electron chi connectivity index (χ1n) is 4.94. The predicted molar refractivity (Wildman–Crippen MR) is 57.5 cm³/mol. The average molecular weight is 208 g/mol. The fourth-order valence-electron chi connectivity index (χ4n) is 1.20. The van der Waals surface area contributed by atoms with Gasteiger partial charge < -0.3 is 9.47 Å². The van der Waals surface area contributed by atoms with Gasteiger partial charge in [0.15, 0.2) is 0 Å². The maximum absolute atomic E-state index is 11.6. The number of esters is 1. The molecule has 1 aromatic rings. The molecular formula is C12H16O3. The van der Waals surface area contributed by atoms with Crippen molar-refractivity contribution in [2.75, 3.05) is 7.11 Å². The molecule has 0 saturated carbocycles. The molecule has 0 saturated heterocycles. The second-order valence-electron chi connectivity index (χ2n) is 3.62. The Hall–Kier alpha value is -1.35. The second kappa shape index (κ2) is 5.51. The maximum Gasteiger partial charge on any atom is 0.340 e. The normalized spacial score (nSPS) is 12.5. The van der Waals surface area contributed by atoms with Crippen molar-refractivity contribution in [1.29, 1.82) is 0 Å². The minimum absolute atomic E-state index is 0.141. The molecule has 0 heterocycles. The van der Waals surface area contributed by atoms with E-state index < -0.39 is 6.29 Å². The molecule has 0 bridgehead atoms. The molecule has 0 amide bonds. The summed E-state index contributed by atoms with van der Waals surface area (Å²) in [6.45, 7) is 3.87. The van der Waals surface area contributed by atoms with Crippen LogP contribution in [0.15, 0.2) is 30.3 Å². The number of ether oxygens (including phenoxy) is 2. The van der Waals surface area contributed by atoms with Crippen LogP contribution in [0.3, 0.4) is 0 Å². The first-order chi connectivity index (χ1) is 7.15. The van der Waals surface area contributed by atoms with Crippen molar-refractivity contribution in [2.45, 2.75) is 20.1 Å². The van der Waals surface area contributed by atoms with Crippen molar-refractivity contribution < 1.29 is 14.3 Å². The summed E-state index contributed by atoms with van der Waals surface area (Å²) < 4.78 is 10.2. The van der Waals surface area contributed by atoms with Crippen LogP contribution in [0.2, 0.25) is 0 Å². The van der Waals surface area contributed by atoms with Crippen LogP contribution in [0.25, 0.3) is 0 Å². The number of benzene rings is 1. The SMILES string of the molecule is COC(OC(=O)c1ccccc1)C(C)C. The molecule has 0 radical (unpaired) electrons. The molecule has 0 aliphatic heterocycles. The van der Waals surface area contributed by atoms with Gasteiger partial charge in [0, 0.05) is 13.0 Å². The Morgan fingerprint density at radius 1 is 1.20 bits per heavy atom. The van der Waals surface area contributed by atoms with Gasteiger partial charge in [-0.05, 0) is 12.1 Å². The molecule has 0 aliphatic carbocycles. The van der Waals surface area contributed by atoms with Crippen molar-refractivity contribution in [3.63, 3.8) is 0 Å². The molecule has 1 atom stereocenters. The number of carbonyl (C=O) groups excluding carboxylic acids is 1. The molecule has 1 aromatic carbocycles. The largest absolute Gasteiger partial charge is 0.432 e. The summed E-state index contributed by atoms with van der Waals surface area (Å²) >= 11 is 0. The van der Waals surface area contributed by atoms with Crippen LogP contribution in [0.5, 0.6) is 0 Å². The van der Waals surface area contributed by atoms with Crippen molar-refractivity contribution >= 4 is 5.97 Å². The van der Waals surface area contributed by atoms with E-state index in [9.17, 15) is 4.79 Å². The van der Waals surface area contributed by atoms with Crippen LogP contribution >= 0.6 is 0 Å². The number of hydrogen-bond donors (Lipinski definition) is 0. The summed E-state index contributed by atoms with van der Waals surface area (Å²) in [5.74, 6) is -0.209. The van der Waals surface area contributed by atoms with Gasteiger partial charge in [-0.25, -0.2) is 4.79 Å². The van der Waals surface area contributed by atoms with Crippen LogP contribution in [0, 0.1) is 5.92 Å². The van der Waals surface area contributed by atoms with Crippen LogP contribution in [0.1, 0.15) is 24.2 Å². The Kier molecular flexibility index (Phi) is 4.31. The van der Waals surface area contributed by atoms with E-state index in [1.54, 1.807) is 24.3 Å². The van der Waals surface area contributed by atoms with Crippen LogP contribution in [-0.4, -0.2) is 19.4 Å². The zero-order chi connectivity index (χ0) is 11.3. The molecule has 0 fully saturated rings. The van der Waals surface area contributed by atoms with Gasteiger partial charge in [-0.2, -0.15) is 0 Å². The minimum atomic E-state index is -0.488. The van der Waals surface area contributed by atoms with E-state index in [2.05, 4.69) is 0 Å². The van der Waals surface area contributed by atoms with Gasteiger partial charge >= 0.3 is 5.97 Å². The van der Waals surface area contributed by atoms with Crippen LogP contribution < -0.4 is 0 Å². The summed E-state index contributed by atoms with van der Waals surface area (Å²) in [6.07, 6.45) is -0.488. The predicted octanol–water partition coefficient (Wildman–Crippen LogP) is 2.47. The fraction of sp³-hybridized carbons (Fsp3) is 0.417. The molecule has 1 rings (SSSR count). The summed E-state index contributed by atoms with van der Waals surface area (Å²) in [4.78, 5) is 11.6. The monoisotopic (exact) mass is 208 g/mol. The third-order valence-electron chi connectivity index (χ3n) is 2.01. The molecule has 0 spiro atoms. The highest BCUT2D eigenvalue weighted by Gasteiger charge is 2.18. The highest BCUT2D eigenvalue weighted by atomic mass is 16.7. The number of hydrogen-bond acceptors (Lipinski definition) is 3. The zero-order valence-corrected chi connectivity index (χ0v) is 9.27. The molecule has 0 aromatic heterocycles. The van der Waals surface area contributed by atoms with Gasteiger partial charge in [0.2, 0.25) is 6.29 Å². The van der Waals surface area contributed by atoms with Crippen LogP contribution in [-0.2, 0) is 9.47 Å². The minimum Gasteiger partial charge on any atom is -0.432 e. The Morgan fingerprint density at radius 2 is 1.80 bits per heavy atom. The molecule has 3 nitrogen and oxygen atoms in total. The topological polar surface area (TPSA) is 35.5 Å². The van der Waals surface area contributed by atoms with Gasteiger partial charge in [0.25, 0.3) is 0 Å². The average Bonchev–Trinajstić information content (AvgIpc) is 2.26. The first kappa shape index (κ1) is 11.7. The molecular weight excluding hydrogens is 192 g/mol. The molecule has 15 heavy (non-hydrogen) atoms. The summed E-state index contributed by atoms with van der Waals surface area (Å²) in [6, 6.07) is 8.89. The van der Waals surface area contributed by atoms with Crippen LogP contribution in [0.4, 0.5) is 0 Å². The first-order valence-corrected chi connectivity index (χ1v) is 4.94. The van der Waals surface area contributed by atoms with Gasteiger partial charge in [0.1, 0.15) is 0 Å². The molecule has 0 N–H and O–H groups in total. The summed E-state index contributed by atoms with van der Waals surface area (Å²) in [7, 11) is 1.53. The molecule has 0 aliphatic rings. The lowest BCUT2D eigenvalue weighted by atomic mass is 10.2. The van der Waals surface area contributed by atoms with Gasteiger partial charge in [-0.15, -0.1) is 0 Å². The van der Waals surface area contributed by atoms with Gasteiger partial charge in [-0.3, -0.25) is 0 Å². The maximum atomic E-state index is 11.6. The lowest BCUT2D eigenvalue weighted by Crippen LogP contribution is -2.25. The highest BCUT2D eigenvalue weighted by molar-refractivity contribution is 5.89. The van der Waals surface area contributed by atoms with E-state index >= 15 is 0 Å². The summed E-state index contributed by atoms with van der Waals surface area (Å²) in [5, 5.41) is 0. The quantitative estimate of drug-likeness (QED) is 0.563. The third kappa shape index (κ3) is 3.36. The van der Waals surface area contributed by atoms with E-state index in [-0.39, 0.29) is 11.9 Å². The molecule has 3 heteroatoms. The highest BCUT2D eigenvalue weighted by Crippen LogP contribution is 2.10. The van der Waals surface area contributed by atoms with Crippen molar-refractivity contribution in [1.82, 2.24) is 0 Å². The number of rotatable bonds is 4. The van der Waals surface area contributed by atoms with E-state index in [0.29, 0.717) is 5.56 Å². The number of methoxy groups -OCH3 is 1. The van der Waals surface area contributed by atoms with Gasteiger partial charge in [0.05, 0.1) is 5.56 Å². The van der Waals surface area contributed by atoms with E-state index in [4.69, 9.17) is 9.47 Å². The van der Waals surface area contributed by atoms with Crippen molar-refractivity contribution in [3.8, 4) is 0 Å². The summed E-state index contributed by atoms with van der Waals surface area (Å²) in [5.41, 5.74) is 0.542. The Balaban J connectivity index is 2.63. The smallest absolute Gasteiger partial charge is 0.340 e. The fourth-order valence-corrected chi connectivity index (χ4v) is 1.20. The lowest BCUT2D eigenvalue weighted by molar-refractivity contribution is -0.114. The standard InChI is InChI=1S/C12H16O3/c1-9(2)12(14-3)15-11(13)10-7-5-4-6-8-10/h4-9,12H,1-3H3. The van der Waals surface area contributed by atoms with E-state index in [0.717, 1.165) is 0 Å². The van der Waals surface area contributed by atoms with E-state index in [1.165, 1.54) is 7.11 Å². The number of carbonyl (C=O) groups is 1. The molecule has 1 unspecified atom stereocenters. The van der Waals surface area contributed by atoms with E-state index in [1.807, 2.05) is 19.9 Å².